The van der Waals surface area contributed by atoms with Crippen molar-refractivity contribution in [1.82, 2.24) is 9.55 Å². The molecule has 7 heteroatoms. The highest BCUT2D eigenvalue weighted by atomic mass is 35.5. The molecule has 0 aliphatic carbocycles. The number of unbranched alkanes of at least 4 members (excludes halogenated alkanes) is 1. The quantitative estimate of drug-likeness (QED) is 0.177. The van der Waals surface area contributed by atoms with Crippen molar-refractivity contribution in [3.63, 3.8) is 0 Å². The van der Waals surface area contributed by atoms with Crippen LogP contribution in [-0.4, -0.2) is 27.7 Å². The third-order valence-electron chi connectivity index (χ3n) is 5.84. The van der Waals surface area contributed by atoms with Gasteiger partial charge in [0.25, 0.3) is 0 Å². The number of nitrogens with zero attached hydrogens (tertiary/aromatic N) is 2. The van der Waals surface area contributed by atoms with Crippen LogP contribution in [0.1, 0.15) is 52.8 Å². The van der Waals surface area contributed by atoms with E-state index in [4.69, 9.17) is 30.8 Å². The number of aryl methyl sites for hydroxylation is 1. The van der Waals surface area contributed by atoms with E-state index >= 15 is 0 Å². The van der Waals surface area contributed by atoms with Crippen LogP contribution in [0.2, 0.25) is 5.02 Å². The van der Waals surface area contributed by atoms with Gasteiger partial charge in [-0.3, -0.25) is 4.79 Å². The van der Waals surface area contributed by atoms with Crippen LogP contribution in [0, 0.1) is 0 Å². The minimum absolute atomic E-state index is 0.202. The second kappa shape index (κ2) is 12.9. The molecule has 4 rings (SSSR count). The molecule has 6 nitrogen and oxygen atoms in total. The summed E-state index contributed by atoms with van der Waals surface area (Å²) >= 11 is 5.97. The summed E-state index contributed by atoms with van der Waals surface area (Å²) in [5, 5.41) is 0.675. The first-order valence-corrected chi connectivity index (χ1v) is 13.6. The summed E-state index contributed by atoms with van der Waals surface area (Å²) in [6.07, 6.45) is 5.29. The zero-order chi connectivity index (χ0) is 27.8. The fourth-order valence-corrected chi connectivity index (χ4v) is 4.10. The lowest BCUT2D eigenvalue weighted by atomic mass is 10.1. The van der Waals surface area contributed by atoms with Crippen molar-refractivity contribution in [3.05, 3.63) is 89.8 Å². The Bertz CT molecular complexity index is 1360. The zero-order valence-corrected chi connectivity index (χ0v) is 23.7. The average Bonchev–Trinajstić information content (AvgIpc) is 3.33. The van der Waals surface area contributed by atoms with Crippen molar-refractivity contribution < 1.29 is 19.0 Å². The number of esters is 1. The molecule has 0 spiro atoms. The number of ether oxygens (including phenoxy) is 3. The van der Waals surface area contributed by atoms with E-state index in [0.29, 0.717) is 10.8 Å². The van der Waals surface area contributed by atoms with Crippen molar-refractivity contribution in [1.29, 1.82) is 0 Å². The number of halogens is 1. The van der Waals surface area contributed by atoms with Crippen molar-refractivity contribution in [2.24, 2.45) is 0 Å². The Kier molecular flexibility index (Phi) is 9.31. The molecule has 0 saturated heterocycles. The van der Waals surface area contributed by atoms with E-state index in [1.807, 2.05) is 81.4 Å². The molecule has 0 atom stereocenters. The highest BCUT2D eigenvalue weighted by Crippen LogP contribution is 2.28. The first kappa shape index (κ1) is 28.2. The standard InChI is InChI=1S/C32H35ClN2O4/c1-5-6-7-30-34-29(23-8-14-26(15-9-23)37-21-20-31(36)39-32(2,3)4)22-35(30)25-12-18-28(19-13-25)38-27-16-10-24(33)11-17-27/h8-19,22H,5-7,20-21H2,1-4H3. The van der Waals surface area contributed by atoms with Crippen molar-refractivity contribution in [3.8, 4) is 34.2 Å². The SMILES string of the molecule is CCCCc1nc(-c2ccc(OCCC(=O)OC(C)(C)C)cc2)cn1-c1ccc(Oc2ccc(Cl)cc2)cc1. The first-order chi connectivity index (χ1) is 18.7. The van der Waals surface area contributed by atoms with E-state index in [2.05, 4.69) is 17.7 Å². The molecular formula is C32H35ClN2O4. The predicted molar refractivity (Wildman–Crippen MR) is 155 cm³/mol. The first-order valence-electron chi connectivity index (χ1n) is 13.3. The maximum absolute atomic E-state index is 11.9. The van der Waals surface area contributed by atoms with Crippen LogP contribution >= 0.6 is 11.6 Å². The Morgan fingerprint density at radius 3 is 2.13 bits per heavy atom. The molecule has 39 heavy (non-hydrogen) atoms. The lowest BCUT2D eigenvalue weighted by molar-refractivity contribution is -0.155. The van der Waals surface area contributed by atoms with E-state index in [-0.39, 0.29) is 19.0 Å². The summed E-state index contributed by atoms with van der Waals surface area (Å²) in [5.74, 6) is 2.92. The van der Waals surface area contributed by atoms with Gasteiger partial charge in [0, 0.05) is 28.9 Å². The van der Waals surface area contributed by atoms with Crippen molar-refractivity contribution in [2.75, 3.05) is 6.61 Å². The number of carbonyl (C=O) groups excluding carboxylic acids is 1. The minimum atomic E-state index is -0.495. The van der Waals surface area contributed by atoms with Gasteiger partial charge in [-0.25, -0.2) is 4.98 Å². The molecule has 4 aromatic rings. The van der Waals surface area contributed by atoms with Gasteiger partial charge in [0.2, 0.25) is 0 Å². The molecule has 0 aliphatic rings. The van der Waals surface area contributed by atoms with Gasteiger partial charge in [0.05, 0.1) is 18.7 Å². The highest BCUT2D eigenvalue weighted by Gasteiger charge is 2.16. The highest BCUT2D eigenvalue weighted by molar-refractivity contribution is 6.30. The number of aromatic nitrogens is 2. The Hall–Kier alpha value is -3.77. The summed E-state index contributed by atoms with van der Waals surface area (Å²) in [6, 6.07) is 23.1. The van der Waals surface area contributed by atoms with E-state index < -0.39 is 5.60 Å². The normalized spacial score (nSPS) is 11.3. The third kappa shape index (κ3) is 8.36. The van der Waals surface area contributed by atoms with Crippen LogP contribution in [0.25, 0.3) is 16.9 Å². The van der Waals surface area contributed by atoms with Gasteiger partial charge >= 0.3 is 5.97 Å². The Balaban J connectivity index is 1.45. The maximum Gasteiger partial charge on any atom is 0.309 e. The summed E-state index contributed by atoms with van der Waals surface area (Å²) in [5.41, 5.74) is 2.41. The lowest BCUT2D eigenvalue weighted by Crippen LogP contribution is -2.24. The minimum Gasteiger partial charge on any atom is -0.493 e. The van der Waals surface area contributed by atoms with Crippen LogP contribution in [0.5, 0.6) is 17.2 Å². The van der Waals surface area contributed by atoms with Gasteiger partial charge in [-0.2, -0.15) is 0 Å². The second-order valence-corrected chi connectivity index (χ2v) is 10.7. The van der Waals surface area contributed by atoms with Crippen LogP contribution in [-0.2, 0) is 16.0 Å². The van der Waals surface area contributed by atoms with E-state index in [9.17, 15) is 4.79 Å². The molecule has 0 saturated carbocycles. The molecule has 204 valence electrons. The fraction of sp³-hybridized carbons (Fsp3) is 0.312. The number of imidazole rings is 1. The summed E-state index contributed by atoms with van der Waals surface area (Å²) in [7, 11) is 0. The Labute approximate surface area is 235 Å². The van der Waals surface area contributed by atoms with E-state index in [0.717, 1.165) is 53.5 Å². The lowest BCUT2D eigenvalue weighted by Gasteiger charge is -2.19. The molecule has 0 bridgehead atoms. The molecule has 1 aromatic heterocycles. The number of benzene rings is 3. The topological polar surface area (TPSA) is 62.6 Å². The van der Waals surface area contributed by atoms with Crippen molar-refractivity contribution in [2.45, 2.75) is 59.0 Å². The Morgan fingerprint density at radius 1 is 0.897 bits per heavy atom. The molecule has 3 aromatic carbocycles. The Morgan fingerprint density at radius 2 is 1.51 bits per heavy atom. The van der Waals surface area contributed by atoms with Gasteiger partial charge in [-0.1, -0.05) is 24.9 Å². The zero-order valence-electron chi connectivity index (χ0n) is 22.9. The number of hydrogen-bond acceptors (Lipinski definition) is 5. The van der Waals surface area contributed by atoms with Crippen LogP contribution in [0.3, 0.4) is 0 Å². The summed E-state index contributed by atoms with van der Waals surface area (Å²) in [6.45, 7) is 8.00. The predicted octanol–water partition coefficient (Wildman–Crippen LogP) is 8.44. The number of carbonyl (C=O) groups is 1. The van der Waals surface area contributed by atoms with Crippen molar-refractivity contribution >= 4 is 17.6 Å². The molecule has 0 unspecified atom stereocenters. The smallest absolute Gasteiger partial charge is 0.309 e. The maximum atomic E-state index is 11.9. The molecule has 0 aliphatic heterocycles. The fourth-order valence-electron chi connectivity index (χ4n) is 3.97. The molecule has 1 heterocycles. The molecule has 0 N–H and O–H groups in total. The monoisotopic (exact) mass is 546 g/mol. The summed E-state index contributed by atoms with van der Waals surface area (Å²) < 4.78 is 19.2. The van der Waals surface area contributed by atoms with Crippen LogP contribution in [0.4, 0.5) is 0 Å². The van der Waals surface area contributed by atoms with Gasteiger partial charge in [0.15, 0.2) is 0 Å². The van der Waals surface area contributed by atoms with Crippen LogP contribution in [0.15, 0.2) is 79.0 Å². The van der Waals surface area contributed by atoms with Gasteiger partial charge in [-0.05, 0) is 100.0 Å². The van der Waals surface area contributed by atoms with Gasteiger partial charge in [-0.15, -0.1) is 0 Å². The molecule has 0 amide bonds. The second-order valence-electron chi connectivity index (χ2n) is 10.3. The molecule has 0 fully saturated rings. The average molecular weight is 547 g/mol. The summed E-state index contributed by atoms with van der Waals surface area (Å²) in [4.78, 5) is 16.9. The van der Waals surface area contributed by atoms with Gasteiger partial charge < -0.3 is 18.8 Å². The number of hydrogen-bond donors (Lipinski definition) is 0. The van der Waals surface area contributed by atoms with Gasteiger partial charge in [0.1, 0.15) is 28.7 Å². The molecular weight excluding hydrogens is 512 g/mol. The molecule has 0 radical (unpaired) electrons. The van der Waals surface area contributed by atoms with E-state index in [1.54, 1.807) is 12.1 Å². The third-order valence-corrected chi connectivity index (χ3v) is 6.09. The largest absolute Gasteiger partial charge is 0.493 e. The van der Waals surface area contributed by atoms with Crippen LogP contribution < -0.4 is 9.47 Å². The number of rotatable bonds is 11. The van der Waals surface area contributed by atoms with E-state index in [1.165, 1.54) is 0 Å².